The van der Waals surface area contributed by atoms with Gasteiger partial charge in [-0.3, -0.25) is 0 Å². The topological polar surface area (TPSA) is 40.5 Å². The zero-order valence-corrected chi connectivity index (χ0v) is 7.54. The molecule has 0 bridgehead atoms. The van der Waals surface area contributed by atoms with Gasteiger partial charge in [0.1, 0.15) is 0 Å². The van der Waals surface area contributed by atoms with Crippen molar-refractivity contribution in [2.45, 2.75) is 32.5 Å². The van der Waals surface area contributed by atoms with Gasteiger partial charge in [0.2, 0.25) is 0 Å². The zero-order valence-electron chi connectivity index (χ0n) is 6.39. The highest BCUT2D eigenvalue weighted by atomic mass is 31.0. The van der Waals surface area contributed by atoms with Crippen molar-refractivity contribution in [3.05, 3.63) is 0 Å². The van der Waals surface area contributed by atoms with Gasteiger partial charge in [-0.15, -0.1) is 9.24 Å². The molecule has 0 fully saturated rings. The molecule has 0 spiro atoms. The second kappa shape index (κ2) is 6.47. The predicted molar refractivity (Wildman–Crippen MR) is 43.4 cm³/mol. The third kappa shape index (κ3) is 30.0. The van der Waals surface area contributed by atoms with E-state index in [9.17, 15) is 0 Å². The van der Waals surface area contributed by atoms with E-state index < -0.39 is 5.34 Å². The lowest BCUT2D eigenvalue weighted by molar-refractivity contribution is 0.152. The first-order valence-corrected chi connectivity index (χ1v) is 3.67. The van der Waals surface area contributed by atoms with E-state index in [1.54, 1.807) is 13.8 Å². The summed E-state index contributed by atoms with van der Waals surface area (Å²) in [5.41, 5.74) is 0. The van der Waals surface area contributed by atoms with Crippen molar-refractivity contribution in [2.75, 3.05) is 6.61 Å². The Morgan fingerprint density at radius 2 is 1.56 bits per heavy atom. The number of aliphatic hydroxyl groups is 2. The molecular weight excluding hydrogens is 135 g/mol. The van der Waals surface area contributed by atoms with Gasteiger partial charge in [-0.2, -0.15) is 0 Å². The zero-order chi connectivity index (χ0) is 7.91. The molecule has 0 saturated carbocycles. The molecule has 0 aromatic rings. The average molecular weight is 152 g/mol. The predicted octanol–water partition coefficient (Wildman–Crippen LogP) is 0.979. The summed E-state index contributed by atoms with van der Waals surface area (Å²) in [5, 5.41) is 15.8. The third-order valence-corrected chi connectivity index (χ3v) is 1.12. The van der Waals surface area contributed by atoms with Crippen molar-refractivity contribution >= 4 is 9.24 Å². The summed E-state index contributed by atoms with van der Waals surface area (Å²) >= 11 is 0. The highest BCUT2D eigenvalue weighted by Gasteiger charge is 2.05. The van der Waals surface area contributed by atoms with Crippen LogP contribution in [-0.4, -0.2) is 22.2 Å². The Bertz CT molecular complexity index is 49.5. The summed E-state index contributed by atoms with van der Waals surface area (Å²) in [5.74, 6) is 0. The maximum absolute atomic E-state index is 8.79. The van der Waals surface area contributed by atoms with Crippen LogP contribution >= 0.6 is 9.24 Å². The van der Waals surface area contributed by atoms with Gasteiger partial charge in [-0.25, -0.2) is 0 Å². The summed E-state index contributed by atoms with van der Waals surface area (Å²) in [6, 6.07) is 0. The molecule has 9 heavy (non-hydrogen) atoms. The van der Waals surface area contributed by atoms with Crippen LogP contribution in [0.1, 0.15) is 27.2 Å². The maximum atomic E-state index is 8.79. The SMILES string of the molecule is CCC(C)(O)P.CCO. The Hall–Kier alpha value is 0.350. The Morgan fingerprint density at radius 1 is 1.44 bits per heavy atom. The summed E-state index contributed by atoms with van der Waals surface area (Å²) in [6.07, 6.45) is 0.789. The van der Waals surface area contributed by atoms with E-state index in [1.807, 2.05) is 6.92 Å². The lowest BCUT2D eigenvalue weighted by Crippen LogP contribution is -2.10. The van der Waals surface area contributed by atoms with E-state index in [0.717, 1.165) is 6.42 Å². The van der Waals surface area contributed by atoms with Gasteiger partial charge in [0.25, 0.3) is 0 Å². The van der Waals surface area contributed by atoms with Crippen LogP contribution in [0.4, 0.5) is 0 Å². The van der Waals surface area contributed by atoms with E-state index in [1.165, 1.54) is 0 Å². The third-order valence-electron chi connectivity index (χ3n) is 0.716. The van der Waals surface area contributed by atoms with Gasteiger partial charge >= 0.3 is 0 Å². The van der Waals surface area contributed by atoms with E-state index in [4.69, 9.17) is 10.2 Å². The Morgan fingerprint density at radius 3 is 1.56 bits per heavy atom. The molecule has 3 heteroatoms. The van der Waals surface area contributed by atoms with Crippen LogP contribution < -0.4 is 0 Å². The second-order valence-electron chi connectivity index (χ2n) is 2.03. The van der Waals surface area contributed by atoms with Gasteiger partial charge in [0.15, 0.2) is 0 Å². The fourth-order valence-electron chi connectivity index (χ4n) is 0. The van der Waals surface area contributed by atoms with Gasteiger partial charge in [0, 0.05) is 6.61 Å². The van der Waals surface area contributed by atoms with E-state index in [0.29, 0.717) is 0 Å². The minimum absolute atomic E-state index is 0.250. The fourth-order valence-corrected chi connectivity index (χ4v) is 0. The largest absolute Gasteiger partial charge is 0.397 e. The fraction of sp³-hybridized carbons (Fsp3) is 1.00. The van der Waals surface area contributed by atoms with Crippen molar-refractivity contribution in [1.82, 2.24) is 0 Å². The minimum atomic E-state index is -0.542. The molecule has 0 rings (SSSR count). The molecule has 0 amide bonds. The highest BCUT2D eigenvalue weighted by molar-refractivity contribution is 7.18. The standard InChI is InChI=1S/C4H11OP.C2H6O/c1-3-4(2,5)6;1-2-3/h5H,3,6H2,1-2H3;3H,2H2,1H3. The molecule has 0 radical (unpaired) electrons. The Labute approximate surface area is 59.5 Å². The normalized spacial score (nSPS) is 15.3. The number of hydrogen-bond acceptors (Lipinski definition) is 2. The molecule has 58 valence electrons. The van der Waals surface area contributed by atoms with E-state index in [2.05, 4.69) is 9.24 Å². The van der Waals surface area contributed by atoms with Gasteiger partial charge in [-0.05, 0) is 20.3 Å². The van der Waals surface area contributed by atoms with Crippen LogP contribution in [0, 0.1) is 0 Å². The Kier molecular flexibility index (Phi) is 8.67. The molecule has 2 nitrogen and oxygen atoms in total. The van der Waals surface area contributed by atoms with Crippen molar-refractivity contribution in [3.63, 3.8) is 0 Å². The second-order valence-corrected chi connectivity index (χ2v) is 3.27. The van der Waals surface area contributed by atoms with Crippen LogP contribution in [0.15, 0.2) is 0 Å². The van der Waals surface area contributed by atoms with Crippen LogP contribution in [0.2, 0.25) is 0 Å². The van der Waals surface area contributed by atoms with E-state index >= 15 is 0 Å². The van der Waals surface area contributed by atoms with Crippen LogP contribution in [0.3, 0.4) is 0 Å². The van der Waals surface area contributed by atoms with Crippen LogP contribution in [0.25, 0.3) is 0 Å². The van der Waals surface area contributed by atoms with Gasteiger partial charge < -0.3 is 10.2 Å². The average Bonchev–Trinajstić information content (AvgIpc) is 1.67. The number of hydrogen-bond donors (Lipinski definition) is 2. The quantitative estimate of drug-likeness (QED) is 0.550. The minimum Gasteiger partial charge on any atom is -0.397 e. The molecule has 0 aliphatic rings. The first-order chi connectivity index (χ1) is 3.97. The molecule has 0 aromatic heterocycles. The van der Waals surface area contributed by atoms with Gasteiger partial charge in [-0.1, -0.05) is 6.92 Å². The lowest BCUT2D eigenvalue weighted by atomic mass is 10.3. The maximum Gasteiger partial charge on any atom is 0.0748 e. The van der Waals surface area contributed by atoms with Crippen molar-refractivity contribution in [3.8, 4) is 0 Å². The molecule has 2 atom stereocenters. The molecule has 0 saturated heterocycles. The molecule has 2 N–H and O–H groups in total. The monoisotopic (exact) mass is 152 g/mol. The van der Waals surface area contributed by atoms with E-state index in [-0.39, 0.29) is 6.61 Å². The van der Waals surface area contributed by atoms with Gasteiger partial charge in [0.05, 0.1) is 5.34 Å². The molecule has 2 unspecified atom stereocenters. The molecule has 0 aliphatic heterocycles. The summed E-state index contributed by atoms with van der Waals surface area (Å²) < 4.78 is 0. The number of aliphatic hydroxyl groups excluding tert-OH is 1. The Balaban J connectivity index is 0. The van der Waals surface area contributed by atoms with Crippen LogP contribution in [-0.2, 0) is 0 Å². The van der Waals surface area contributed by atoms with Crippen molar-refractivity contribution < 1.29 is 10.2 Å². The molecule has 0 aliphatic carbocycles. The van der Waals surface area contributed by atoms with Crippen molar-refractivity contribution in [2.24, 2.45) is 0 Å². The first-order valence-electron chi connectivity index (χ1n) is 3.10. The smallest absolute Gasteiger partial charge is 0.0748 e. The number of rotatable bonds is 1. The summed E-state index contributed by atoms with van der Waals surface area (Å²) in [6.45, 7) is 5.63. The lowest BCUT2D eigenvalue weighted by Gasteiger charge is -2.11. The molecular formula is C6H17O2P. The first kappa shape index (κ1) is 12.1. The van der Waals surface area contributed by atoms with Crippen molar-refractivity contribution in [1.29, 1.82) is 0 Å². The van der Waals surface area contributed by atoms with Crippen LogP contribution in [0.5, 0.6) is 0 Å². The molecule has 0 heterocycles. The summed E-state index contributed by atoms with van der Waals surface area (Å²) in [7, 11) is 2.35. The molecule has 0 aromatic carbocycles. The summed E-state index contributed by atoms with van der Waals surface area (Å²) in [4.78, 5) is 0. The highest BCUT2D eigenvalue weighted by Crippen LogP contribution is 2.15.